The molecule has 7 nitrogen and oxygen atoms in total. The van der Waals surface area contributed by atoms with Gasteiger partial charge in [-0.2, -0.15) is 0 Å². The van der Waals surface area contributed by atoms with Gasteiger partial charge in [0.15, 0.2) is 0 Å². The fourth-order valence-corrected chi connectivity index (χ4v) is 2.83. The number of rotatable bonds is 4. The Kier molecular flexibility index (Phi) is 5.17. The predicted molar refractivity (Wildman–Crippen MR) is 73.5 cm³/mol. The van der Waals surface area contributed by atoms with Gasteiger partial charge in [-0.15, -0.1) is 0 Å². The summed E-state index contributed by atoms with van der Waals surface area (Å²) in [6.45, 7) is 1.81. The van der Waals surface area contributed by atoms with Crippen molar-refractivity contribution in [3.8, 4) is 0 Å². The third kappa shape index (κ3) is 3.93. The van der Waals surface area contributed by atoms with Crippen LogP contribution in [0.2, 0.25) is 0 Å². The van der Waals surface area contributed by atoms with E-state index >= 15 is 0 Å². The second kappa shape index (κ2) is 6.89. The molecule has 7 heteroatoms. The summed E-state index contributed by atoms with van der Waals surface area (Å²) in [5.74, 6) is -1.77. The summed E-state index contributed by atoms with van der Waals surface area (Å²) in [5.41, 5.74) is 0. The lowest BCUT2D eigenvalue weighted by molar-refractivity contribution is -0.148. The lowest BCUT2D eigenvalue weighted by Gasteiger charge is -2.32. The van der Waals surface area contributed by atoms with Crippen molar-refractivity contribution in [2.45, 2.75) is 19.3 Å². The van der Waals surface area contributed by atoms with Gasteiger partial charge in [0.05, 0.1) is 25.0 Å². The molecule has 0 bridgehead atoms. The van der Waals surface area contributed by atoms with Gasteiger partial charge in [0.2, 0.25) is 11.8 Å². The van der Waals surface area contributed by atoms with Crippen LogP contribution in [0, 0.1) is 11.8 Å². The van der Waals surface area contributed by atoms with Crippen LogP contribution in [0.1, 0.15) is 19.3 Å². The topological polar surface area (TPSA) is 87.2 Å². The summed E-state index contributed by atoms with van der Waals surface area (Å²) in [7, 11) is 1.61. The highest BCUT2D eigenvalue weighted by molar-refractivity contribution is 5.86. The normalized spacial score (nSPS) is 25.7. The van der Waals surface area contributed by atoms with Gasteiger partial charge in [0.25, 0.3) is 0 Å². The van der Waals surface area contributed by atoms with Gasteiger partial charge in [-0.05, 0) is 19.3 Å². The Bertz CT molecular complexity index is 420. The Hall–Kier alpha value is -1.63. The zero-order chi connectivity index (χ0) is 15.4. The molecule has 0 aromatic heterocycles. The molecule has 2 fully saturated rings. The zero-order valence-electron chi connectivity index (χ0n) is 12.3. The number of carboxylic acid groups (broad SMARTS) is 1. The van der Waals surface area contributed by atoms with Crippen LogP contribution < -0.4 is 0 Å². The van der Waals surface area contributed by atoms with Crippen molar-refractivity contribution < 1.29 is 24.2 Å². The van der Waals surface area contributed by atoms with E-state index in [-0.39, 0.29) is 30.8 Å². The van der Waals surface area contributed by atoms with Gasteiger partial charge in [-0.3, -0.25) is 14.4 Å². The third-order valence-corrected chi connectivity index (χ3v) is 4.15. The summed E-state index contributed by atoms with van der Waals surface area (Å²) in [4.78, 5) is 38.3. The lowest BCUT2D eigenvalue weighted by Crippen LogP contribution is -2.47. The molecular weight excluding hydrogens is 276 g/mol. The predicted octanol–water partition coefficient (Wildman–Crippen LogP) is -0.195. The van der Waals surface area contributed by atoms with Crippen LogP contribution in [0.25, 0.3) is 0 Å². The molecule has 0 aromatic carbocycles. The number of nitrogens with zero attached hydrogens (tertiary/aromatic N) is 2. The standard InChI is InChI=1S/C14H22N2O5/c1-15(13(18)11-4-6-21-9-11)8-12(17)16-5-2-3-10(7-16)14(19)20/h10-11H,2-9H2,1H3,(H,19,20). The van der Waals surface area contributed by atoms with Crippen molar-refractivity contribution in [2.75, 3.05) is 39.9 Å². The van der Waals surface area contributed by atoms with E-state index in [0.29, 0.717) is 39.0 Å². The molecule has 2 heterocycles. The maximum absolute atomic E-state index is 12.2. The second-order valence-corrected chi connectivity index (χ2v) is 5.77. The van der Waals surface area contributed by atoms with E-state index in [2.05, 4.69) is 0 Å². The molecule has 118 valence electrons. The number of likely N-dealkylation sites (N-methyl/N-ethyl adjacent to an activating group) is 1. The van der Waals surface area contributed by atoms with Crippen molar-refractivity contribution in [1.29, 1.82) is 0 Å². The van der Waals surface area contributed by atoms with Crippen LogP contribution in [-0.2, 0) is 19.1 Å². The maximum Gasteiger partial charge on any atom is 0.308 e. The van der Waals surface area contributed by atoms with E-state index < -0.39 is 11.9 Å². The molecule has 0 aliphatic carbocycles. The zero-order valence-corrected chi connectivity index (χ0v) is 12.3. The van der Waals surface area contributed by atoms with E-state index in [1.165, 1.54) is 4.90 Å². The fraction of sp³-hybridized carbons (Fsp3) is 0.786. The fourth-order valence-electron chi connectivity index (χ4n) is 2.83. The van der Waals surface area contributed by atoms with E-state index in [9.17, 15) is 14.4 Å². The van der Waals surface area contributed by atoms with Crippen molar-refractivity contribution in [3.05, 3.63) is 0 Å². The number of carboxylic acids is 1. The summed E-state index contributed by atoms with van der Waals surface area (Å²) in [6.07, 6.45) is 1.99. The highest BCUT2D eigenvalue weighted by Crippen LogP contribution is 2.18. The minimum absolute atomic E-state index is 0.00166. The first-order chi connectivity index (χ1) is 9.99. The minimum Gasteiger partial charge on any atom is -0.481 e. The average molecular weight is 298 g/mol. The first-order valence-electron chi connectivity index (χ1n) is 7.32. The molecule has 0 spiro atoms. The van der Waals surface area contributed by atoms with Gasteiger partial charge in [-0.1, -0.05) is 0 Å². The largest absolute Gasteiger partial charge is 0.481 e. The Morgan fingerprint density at radius 1 is 1.29 bits per heavy atom. The van der Waals surface area contributed by atoms with E-state index in [4.69, 9.17) is 9.84 Å². The monoisotopic (exact) mass is 298 g/mol. The Balaban J connectivity index is 1.85. The van der Waals surface area contributed by atoms with Gasteiger partial charge in [-0.25, -0.2) is 0 Å². The van der Waals surface area contributed by atoms with Crippen molar-refractivity contribution in [3.63, 3.8) is 0 Å². The molecule has 0 aromatic rings. The number of likely N-dealkylation sites (tertiary alicyclic amines) is 1. The minimum atomic E-state index is -0.861. The molecule has 2 saturated heterocycles. The van der Waals surface area contributed by atoms with Crippen LogP contribution >= 0.6 is 0 Å². The Morgan fingerprint density at radius 3 is 2.67 bits per heavy atom. The van der Waals surface area contributed by atoms with E-state index in [1.54, 1.807) is 11.9 Å². The van der Waals surface area contributed by atoms with Crippen LogP contribution in [-0.4, -0.2) is 72.6 Å². The summed E-state index contributed by atoms with van der Waals surface area (Å²) >= 11 is 0. The number of ether oxygens (including phenoxy) is 1. The molecule has 21 heavy (non-hydrogen) atoms. The number of aliphatic carboxylic acids is 1. The van der Waals surface area contributed by atoms with Crippen molar-refractivity contribution >= 4 is 17.8 Å². The number of carbonyl (C=O) groups excluding carboxylic acids is 2. The first kappa shape index (κ1) is 15.8. The summed E-state index contributed by atoms with van der Waals surface area (Å²) in [5, 5.41) is 9.04. The van der Waals surface area contributed by atoms with Gasteiger partial charge in [0.1, 0.15) is 0 Å². The molecule has 1 N–H and O–H groups in total. The molecule has 2 amide bonds. The highest BCUT2D eigenvalue weighted by Gasteiger charge is 2.31. The quantitative estimate of drug-likeness (QED) is 0.777. The molecule has 2 aliphatic rings. The number of hydrogen-bond acceptors (Lipinski definition) is 4. The van der Waals surface area contributed by atoms with Crippen molar-refractivity contribution in [2.24, 2.45) is 11.8 Å². The second-order valence-electron chi connectivity index (χ2n) is 5.77. The molecule has 2 aliphatic heterocycles. The summed E-state index contributed by atoms with van der Waals surface area (Å²) in [6, 6.07) is 0. The van der Waals surface area contributed by atoms with Gasteiger partial charge < -0.3 is 19.6 Å². The molecule has 2 atom stereocenters. The Morgan fingerprint density at radius 2 is 2.05 bits per heavy atom. The van der Waals surface area contributed by atoms with Crippen LogP contribution in [0.5, 0.6) is 0 Å². The molecule has 0 saturated carbocycles. The SMILES string of the molecule is CN(CC(=O)N1CCCC(C(=O)O)C1)C(=O)C1CCOC1. The highest BCUT2D eigenvalue weighted by atomic mass is 16.5. The maximum atomic E-state index is 12.2. The van der Waals surface area contributed by atoms with Crippen LogP contribution in [0.15, 0.2) is 0 Å². The number of hydrogen-bond donors (Lipinski definition) is 1. The first-order valence-corrected chi connectivity index (χ1v) is 7.32. The average Bonchev–Trinajstić information content (AvgIpc) is 3.00. The van der Waals surface area contributed by atoms with Crippen LogP contribution in [0.3, 0.4) is 0 Å². The smallest absolute Gasteiger partial charge is 0.308 e. The number of piperidine rings is 1. The van der Waals surface area contributed by atoms with Gasteiger partial charge in [0, 0.05) is 26.7 Å². The third-order valence-electron chi connectivity index (χ3n) is 4.15. The lowest BCUT2D eigenvalue weighted by atomic mass is 9.98. The van der Waals surface area contributed by atoms with E-state index in [0.717, 1.165) is 0 Å². The summed E-state index contributed by atoms with van der Waals surface area (Å²) < 4.78 is 5.18. The molecule has 2 unspecified atom stereocenters. The van der Waals surface area contributed by atoms with Crippen LogP contribution in [0.4, 0.5) is 0 Å². The Labute approximate surface area is 123 Å². The number of amides is 2. The van der Waals surface area contributed by atoms with E-state index in [1.807, 2.05) is 0 Å². The number of carbonyl (C=O) groups is 3. The van der Waals surface area contributed by atoms with Gasteiger partial charge >= 0.3 is 5.97 Å². The van der Waals surface area contributed by atoms with Crippen molar-refractivity contribution in [1.82, 2.24) is 9.80 Å². The molecule has 0 radical (unpaired) electrons. The molecule has 2 rings (SSSR count). The molecular formula is C14H22N2O5.